The summed E-state index contributed by atoms with van der Waals surface area (Å²) in [5, 5.41) is 2.54. The van der Waals surface area contributed by atoms with Gasteiger partial charge in [0.15, 0.2) is 0 Å². The van der Waals surface area contributed by atoms with Crippen LogP contribution in [0.2, 0.25) is 0 Å². The Morgan fingerprint density at radius 3 is 1.12 bits per heavy atom. The Morgan fingerprint density at radius 2 is 0.750 bits per heavy atom. The van der Waals surface area contributed by atoms with E-state index in [4.69, 9.17) is 9.98 Å². The summed E-state index contributed by atoms with van der Waals surface area (Å²) >= 11 is -0.193. The number of aliphatic imine (C=N–C) groups is 2. The molecule has 0 fully saturated rings. The molecule has 0 aromatic heterocycles. The van der Waals surface area contributed by atoms with E-state index in [1.165, 1.54) is 86.5 Å². The molecule has 0 unspecified atom stereocenters. The summed E-state index contributed by atoms with van der Waals surface area (Å²) in [6, 6.07) is 62.2. The van der Waals surface area contributed by atoms with Crippen LogP contribution in [0.15, 0.2) is 180 Å². The van der Waals surface area contributed by atoms with Crippen LogP contribution in [0.3, 0.4) is 0 Å². The van der Waals surface area contributed by atoms with Gasteiger partial charge in [-0.05, 0) is 0 Å². The maximum atomic E-state index is 5.84. The van der Waals surface area contributed by atoms with Gasteiger partial charge in [0.25, 0.3) is 0 Å². The van der Waals surface area contributed by atoms with E-state index in [9.17, 15) is 0 Å². The van der Waals surface area contributed by atoms with Gasteiger partial charge in [0.2, 0.25) is 0 Å². The van der Waals surface area contributed by atoms with Gasteiger partial charge >= 0.3 is 343 Å². The Balaban J connectivity index is 1.43. The zero-order chi connectivity index (χ0) is 37.6. The van der Waals surface area contributed by atoms with Crippen LogP contribution in [0, 0.1) is 6.92 Å². The predicted molar refractivity (Wildman–Crippen MR) is 240 cm³/mol. The molecule has 4 heteroatoms. The van der Waals surface area contributed by atoms with Crippen molar-refractivity contribution in [2.45, 2.75) is 26.7 Å². The van der Waals surface area contributed by atoms with Gasteiger partial charge in [-0.15, -0.1) is 0 Å². The van der Waals surface area contributed by atoms with Crippen LogP contribution in [0.25, 0.3) is 55.3 Å². The first-order chi connectivity index (χ1) is 27.7. The van der Waals surface area contributed by atoms with E-state index in [-0.39, 0.29) is 29.9 Å². The zero-order valence-electron chi connectivity index (χ0n) is 31.3. The van der Waals surface area contributed by atoms with Gasteiger partial charge in [-0.3, -0.25) is 0 Å². The molecule has 56 heavy (non-hydrogen) atoms. The molecule has 0 spiro atoms. The first-order valence-electron chi connectivity index (χ1n) is 19.3. The quantitative estimate of drug-likeness (QED) is 0.136. The van der Waals surface area contributed by atoms with Gasteiger partial charge in [-0.25, -0.2) is 0 Å². The fraction of sp³-hybridized carbons (Fsp3) is 0.0769. The molecule has 0 N–H and O–H groups in total. The van der Waals surface area contributed by atoms with E-state index in [1.54, 1.807) is 0 Å². The van der Waals surface area contributed by atoms with Crippen LogP contribution in [0.5, 0.6) is 0 Å². The van der Waals surface area contributed by atoms with Crippen molar-refractivity contribution in [1.29, 1.82) is 0 Å². The van der Waals surface area contributed by atoms with Crippen LogP contribution in [0.1, 0.15) is 35.6 Å². The molecule has 0 radical (unpaired) electrons. The van der Waals surface area contributed by atoms with Gasteiger partial charge in [-0.2, -0.15) is 0 Å². The number of rotatable bonds is 8. The molecule has 0 aliphatic carbocycles. The average molecular weight is 849 g/mol. The van der Waals surface area contributed by atoms with E-state index < -0.39 is 0 Å². The number of hydrogen-bond acceptors (Lipinski definition) is 2. The Bertz CT molecular complexity index is 2810. The second kappa shape index (κ2) is 14.8. The number of hydrogen-bond donors (Lipinski definition) is 0. The third-order valence-electron chi connectivity index (χ3n) is 10.7. The second-order valence-corrected chi connectivity index (χ2v) is 18.6. The van der Waals surface area contributed by atoms with Crippen molar-refractivity contribution in [3.63, 3.8) is 0 Å². The summed E-state index contributed by atoms with van der Waals surface area (Å²) in [6.45, 7) is 4.40. The summed E-state index contributed by atoms with van der Waals surface area (Å²) < 4.78 is 5.09. The van der Waals surface area contributed by atoms with Crippen molar-refractivity contribution < 1.29 is 0 Å². The van der Waals surface area contributed by atoms with Gasteiger partial charge in [0, 0.05) is 0 Å². The van der Waals surface area contributed by atoms with E-state index in [2.05, 4.69) is 184 Å². The summed E-state index contributed by atoms with van der Waals surface area (Å²) in [4.78, 5) is 11.7. The zero-order valence-corrected chi connectivity index (χ0v) is 34.7. The molecule has 0 saturated carbocycles. The minimum absolute atomic E-state index is 0.0961. The topological polar surface area (TPSA) is 24.7 Å². The minimum atomic E-state index is -0.0973. The molecule has 0 amide bonds. The molecule has 0 bridgehead atoms. The first-order valence-corrected chi connectivity index (χ1v) is 22.7. The average Bonchev–Trinajstić information content (AvgIpc) is 3.26. The molecule has 0 atom stereocenters. The third kappa shape index (κ3) is 6.11. The first kappa shape index (κ1) is 34.9. The van der Waals surface area contributed by atoms with E-state index >= 15 is 0 Å². The predicted octanol–water partition coefficient (Wildman–Crippen LogP) is 11.6. The molecule has 10 rings (SSSR count). The van der Waals surface area contributed by atoms with Crippen LogP contribution in [-0.4, -0.2) is 39.1 Å². The molecule has 2 nitrogen and oxygen atoms in total. The SMILES string of the molecule is CCCc1ccc(C2=Nc3c(-c4ccccc4)c(-c4ccccc4)c4c5c(c(-c6ccccc6)c(-c6ccccc6)c(c35)[Se]2)N=C(c2ccc(C)cc2)[Se]4)cc1. The Morgan fingerprint density at radius 1 is 0.393 bits per heavy atom. The number of aryl methyl sites for hydroxylation is 2. The normalized spacial score (nSPS) is 13.0. The van der Waals surface area contributed by atoms with Crippen molar-refractivity contribution in [2.24, 2.45) is 9.98 Å². The van der Waals surface area contributed by atoms with Crippen LogP contribution >= 0.6 is 0 Å². The van der Waals surface area contributed by atoms with Gasteiger partial charge < -0.3 is 0 Å². The van der Waals surface area contributed by atoms with Crippen molar-refractivity contribution >= 4 is 70.2 Å². The summed E-state index contributed by atoms with van der Waals surface area (Å²) in [6.07, 6.45) is 2.21. The van der Waals surface area contributed by atoms with Crippen molar-refractivity contribution in [2.75, 3.05) is 0 Å². The molecule has 2 aliphatic heterocycles. The van der Waals surface area contributed by atoms with Gasteiger partial charge in [0.05, 0.1) is 0 Å². The Kier molecular flexibility index (Phi) is 9.22. The molecule has 268 valence electrons. The molecule has 2 aliphatic rings. The third-order valence-corrected chi connectivity index (χ3v) is 15.5. The van der Waals surface area contributed by atoms with E-state index in [0.717, 1.165) is 33.4 Å². The van der Waals surface area contributed by atoms with Crippen molar-refractivity contribution in [1.82, 2.24) is 0 Å². The fourth-order valence-corrected chi connectivity index (χ4v) is 13.2. The Labute approximate surface area is 341 Å². The molecular weight excluding hydrogens is 811 g/mol. The number of benzene rings is 8. The van der Waals surface area contributed by atoms with Gasteiger partial charge in [-0.1, -0.05) is 0 Å². The van der Waals surface area contributed by atoms with E-state index in [0.29, 0.717) is 0 Å². The Hall–Kier alpha value is -5.60. The van der Waals surface area contributed by atoms with Crippen LogP contribution < -0.4 is 8.92 Å². The van der Waals surface area contributed by atoms with Crippen molar-refractivity contribution in [3.8, 4) is 44.5 Å². The van der Waals surface area contributed by atoms with Crippen LogP contribution in [-0.2, 0) is 6.42 Å². The molecule has 8 aromatic carbocycles. The molecule has 0 saturated heterocycles. The summed E-state index contributed by atoms with van der Waals surface area (Å²) in [5.41, 5.74) is 16.9. The van der Waals surface area contributed by atoms with Gasteiger partial charge in [0.1, 0.15) is 0 Å². The monoisotopic (exact) mass is 850 g/mol. The fourth-order valence-electron chi connectivity index (χ4n) is 8.09. The maximum absolute atomic E-state index is 5.84. The van der Waals surface area contributed by atoms with E-state index in [1.807, 2.05) is 0 Å². The molecular formula is C52H38N2Se2. The van der Waals surface area contributed by atoms with Crippen molar-refractivity contribution in [3.05, 3.63) is 192 Å². The standard InChI is InChI=1S/C52H38N2Se2/c1-3-16-34-27-31-40(32-28-34)52-54-48-42(36-19-10-5-11-20-36)43(37-21-12-6-13-22-37)49-45-46(48)50(56-52)44(38-23-14-7-15-24-38)41(35-17-8-4-9-18-35)47(45)53-51(55-49)39-29-25-33(2)26-30-39/h4-15,17-32H,3,16H2,1-2H3. The summed E-state index contributed by atoms with van der Waals surface area (Å²) in [7, 11) is 0. The molecule has 8 aromatic rings. The summed E-state index contributed by atoms with van der Waals surface area (Å²) in [5.74, 6) is 0. The second-order valence-electron chi connectivity index (χ2n) is 14.4. The number of nitrogens with zero attached hydrogens (tertiary/aromatic N) is 2. The molecule has 2 heterocycles. The van der Waals surface area contributed by atoms with Crippen LogP contribution in [0.4, 0.5) is 11.4 Å².